The molecule has 5 rings (SSSR count). The Labute approximate surface area is 208 Å². The van der Waals surface area contributed by atoms with Gasteiger partial charge in [0.05, 0.1) is 23.3 Å². The van der Waals surface area contributed by atoms with Crippen LogP contribution in [0.5, 0.6) is 0 Å². The summed E-state index contributed by atoms with van der Waals surface area (Å²) in [5.74, 6) is 1.78. The highest BCUT2D eigenvalue weighted by Gasteiger charge is 2.33. The molecule has 4 heterocycles. The highest BCUT2D eigenvalue weighted by molar-refractivity contribution is 5.95. The van der Waals surface area contributed by atoms with Crippen LogP contribution in [0.4, 0.5) is 5.69 Å². The van der Waals surface area contributed by atoms with E-state index in [2.05, 4.69) is 39.9 Å². The van der Waals surface area contributed by atoms with Gasteiger partial charge in [-0.3, -0.25) is 9.78 Å². The number of nitriles is 1. The fourth-order valence-electron chi connectivity index (χ4n) is 6.45. The van der Waals surface area contributed by atoms with Crippen LogP contribution in [0, 0.1) is 23.2 Å². The molecule has 0 bridgehead atoms. The van der Waals surface area contributed by atoms with Crippen LogP contribution < -0.4 is 4.90 Å². The van der Waals surface area contributed by atoms with Crippen molar-refractivity contribution >= 4 is 22.5 Å². The van der Waals surface area contributed by atoms with Gasteiger partial charge in [0, 0.05) is 56.9 Å². The summed E-state index contributed by atoms with van der Waals surface area (Å²) in [4.78, 5) is 23.1. The topological polar surface area (TPSA) is 72.7 Å². The number of carbonyl (C=O) groups is 1. The van der Waals surface area contributed by atoms with Gasteiger partial charge in [-0.25, -0.2) is 0 Å². The molecule has 35 heavy (non-hydrogen) atoms. The molecule has 0 N–H and O–H groups in total. The molecule has 0 radical (unpaired) electrons. The number of pyridine rings is 1. The summed E-state index contributed by atoms with van der Waals surface area (Å²) in [6.45, 7) is 10.6. The molecule has 3 fully saturated rings. The van der Waals surface area contributed by atoms with Crippen LogP contribution in [-0.4, -0.2) is 78.7 Å². The van der Waals surface area contributed by atoms with Crippen LogP contribution >= 0.6 is 0 Å². The van der Waals surface area contributed by atoms with E-state index in [4.69, 9.17) is 4.74 Å². The van der Waals surface area contributed by atoms with E-state index < -0.39 is 0 Å². The Morgan fingerprint density at radius 1 is 1.09 bits per heavy atom. The molecule has 0 unspecified atom stereocenters. The molecular weight excluding hydrogens is 438 g/mol. The van der Waals surface area contributed by atoms with E-state index in [0.29, 0.717) is 5.56 Å². The van der Waals surface area contributed by atoms with Crippen LogP contribution in [0.25, 0.3) is 10.9 Å². The lowest BCUT2D eigenvalue weighted by Gasteiger charge is -2.43. The minimum atomic E-state index is 0.153. The number of nitrogens with zero attached hydrogens (tertiary/aromatic N) is 5. The Bertz CT molecular complexity index is 1080. The van der Waals surface area contributed by atoms with Crippen LogP contribution in [0.2, 0.25) is 0 Å². The second-order valence-electron chi connectivity index (χ2n) is 10.6. The first-order valence-electron chi connectivity index (χ1n) is 13.2. The summed E-state index contributed by atoms with van der Waals surface area (Å²) < 4.78 is 6.39. The first-order chi connectivity index (χ1) is 17.0. The van der Waals surface area contributed by atoms with E-state index in [1.165, 1.54) is 12.8 Å². The minimum Gasteiger partial charge on any atom is -0.370 e. The zero-order chi connectivity index (χ0) is 24.4. The van der Waals surface area contributed by atoms with E-state index in [-0.39, 0.29) is 18.1 Å². The number of morpholine rings is 1. The lowest BCUT2D eigenvalue weighted by Crippen LogP contribution is -2.52. The normalized spacial score (nSPS) is 25.1. The van der Waals surface area contributed by atoms with Gasteiger partial charge in [0.15, 0.2) is 0 Å². The van der Waals surface area contributed by atoms with Crippen molar-refractivity contribution in [1.82, 2.24) is 14.8 Å². The number of anilines is 1. The van der Waals surface area contributed by atoms with E-state index in [0.717, 1.165) is 87.1 Å². The van der Waals surface area contributed by atoms with Crippen molar-refractivity contribution in [2.24, 2.45) is 11.8 Å². The molecule has 1 aromatic heterocycles. The quantitative estimate of drug-likeness (QED) is 0.672. The summed E-state index contributed by atoms with van der Waals surface area (Å²) in [6.07, 6.45) is 6.90. The van der Waals surface area contributed by atoms with Crippen molar-refractivity contribution < 1.29 is 9.53 Å². The molecule has 7 heteroatoms. The number of amides is 1. The number of ether oxygens (including phenoxy) is 1. The first kappa shape index (κ1) is 24.0. The Hall–Kier alpha value is -2.69. The van der Waals surface area contributed by atoms with E-state index in [1.54, 1.807) is 13.1 Å². The van der Waals surface area contributed by atoms with Gasteiger partial charge in [0.1, 0.15) is 6.07 Å². The number of hydrogen-bond acceptors (Lipinski definition) is 6. The molecule has 2 aromatic rings. The number of hydrogen-bond donors (Lipinski definition) is 0. The number of carbonyl (C=O) groups excluding carboxylic acids is 1. The maximum atomic E-state index is 11.6. The van der Waals surface area contributed by atoms with Crippen LogP contribution in [0.3, 0.4) is 0 Å². The molecule has 3 aliphatic rings. The maximum absolute atomic E-state index is 11.6. The van der Waals surface area contributed by atoms with Crippen molar-refractivity contribution in [3.05, 3.63) is 36.0 Å². The van der Waals surface area contributed by atoms with Crippen molar-refractivity contribution in [1.29, 1.82) is 5.26 Å². The average Bonchev–Trinajstić information content (AvgIpc) is 2.88. The first-order valence-corrected chi connectivity index (χ1v) is 13.2. The van der Waals surface area contributed by atoms with Crippen molar-refractivity contribution in [3.63, 3.8) is 0 Å². The zero-order valence-electron chi connectivity index (χ0n) is 21.0. The van der Waals surface area contributed by atoms with E-state index in [1.807, 2.05) is 17.0 Å². The molecular formula is C28H37N5O2. The monoisotopic (exact) mass is 475 g/mol. The second-order valence-corrected chi connectivity index (χ2v) is 10.6. The van der Waals surface area contributed by atoms with Gasteiger partial charge in [-0.1, -0.05) is 0 Å². The number of piperidine rings is 2. The molecule has 0 aliphatic carbocycles. The van der Waals surface area contributed by atoms with Crippen molar-refractivity contribution in [3.8, 4) is 6.07 Å². The third-order valence-electron chi connectivity index (χ3n) is 8.28. The number of benzene rings is 1. The number of fused-ring (bicyclic) bond motifs is 1. The van der Waals surface area contributed by atoms with E-state index >= 15 is 0 Å². The Kier molecular flexibility index (Phi) is 7.22. The molecule has 1 amide bonds. The highest BCUT2D eigenvalue weighted by atomic mass is 16.5. The fraction of sp³-hybridized carbons (Fsp3) is 0.607. The SMILES string of the molecule is CC(=O)N1CCC(C2CCN(C[C@H]3CN(c4ccc(C#N)c5ncccc45)C[C@@H](C)O3)CC2)CC1. The molecule has 7 nitrogen and oxygen atoms in total. The van der Waals surface area contributed by atoms with Gasteiger partial charge >= 0.3 is 0 Å². The second kappa shape index (κ2) is 10.5. The summed E-state index contributed by atoms with van der Waals surface area (Å²) in [5, 5.41) is 10.5. The third-order valence-corrected chi connectivity index (χ3v) is 8.28. The smallest absolute Gasteiger partial charge is 0.219 e. The maximum Gasteiger partial charge on any atom is 0.219 e. The van der Waals surface area contributed by atoms with Gasteiger partial charge < -0.3 is 19.4 Å². The molecule has 186 valence electrons. The van der Waals surface area contributed by atoms with Gasteiger partial charge in [-0.2, -0.15) is 5.26 Å². The average molecular weight is 476 g/mol. The zero-order valence-corrected chi connectivity index (χ0v) is 21.0. The van der Waals surface area contributed by atoms with Crippen molar-refractivity contribution in [2.75, 3.05) is 50.7 Å². The van der Waals surface area contributed by atoms with Gasteiger partial charge in [0.2, 0.25) is 5.91 Å². The summed E-state index contributed by atoms with van der Waals surface area (Å²) in [6, 6.07) is 10.3. The summed E-state index contributed by atoms with van der Waals surface area (Å²) >= 11 is 0. The predicted molar refractivity (Wildman–Crippen MR) is 137 cm³/mol. The molecule has 3 aliphatic heterocycles. The highest BCUT2D eigenvalue weighted by Crippen LogP contribution is 2.34. The number of aromatic nitrogens is 1. The summed E-state index contributed by atoms with van der Waals surface area (Å²) in [5.41, 5.74) is 2.54. The lowest BCUT2D eigenvalue weighted by atomic mass is 9.78. The molecule has 0 saturated carbocycles. The minimum absolute atomic E-state index is 0.153. The Morgan fingerprint density at radius 3 is 2.49 bits per heavy atom. The Morgan fingerprint density at radius 2 is 1.80 bits per heavy atom. The van der Waals surface area contributed by atoms with Crippen LogP contribution in [0.15, 0.2) is 30.5 Å². The molecule has 3 saturated heterocycles. The number of likely N-dealkylation sites (tertiary alicyclic amines) is 2. The number of rotatable bonds is 4. The van der Waals surface area contributed by atoms with E-state index in [9.17, 15) is 10.1 Å². The molecule has 2 atom stereocenters. The third kappa shape index (κ3) is 5.29. The van der Waals surface area contributed by atoms with Crippen LogP contribution in [-0.2, 0) is 9.53 Å². The van der Waals surface area contributed by atoms with Crippen LogP contribution in [0.1, 0.15) is 45.1 Å². The standard InChI is InChI=1S/C28H37N5O2/c1-20-17-33(27-6-5-24(16-29)28-26(27)4-3-11-30-28)19-25(35-20)18-31-12-7-22(8-13-31)23-9-14-32(15-10-23)21(2)34/h3-6,11,20,22-23,25H,7-10,12-15,17-19H2,1-2H3/t20-,25+/m1/s1. The fourth-order valence-corrected chi connectivity index (χ4v) is 6.45. The molecule has 0 spiro atoms. The van der Waals surface area contributed by atoms with Gasteiger partial charge in [-0.05, 0) is 81.8 Å². The Balaban J connectivity index is 1.19. The van der Waals surface area contributed by atoms with Gasteiger partial charge in [0.25, 0.3) is 0 Å². The largest absolute Gasteiger partial charge is 0.370 e. The lowest BCUT2D eigenvalue weighted by molar-refractivity contribution is -0.130. The van der Waals surface area contributed by atoms with Gasteiger partial charge in [-0.15, -0.1) is 0 Å². The summed E-state index contributed by atoms with van der Waals surface area (Å²) in [7, 11) is 0. The van der Waals surface area contributed by atoms with Crippen molar-refractivity contribution in [2.45, 2.75) is 51.7 Å². The predicted octanol–water partition coefficient (Wildman–Crippen LogP) is 3.67. The molecule has 1 aromatic carbocycles.